The Labute approximate surface area is 217 Å². The standard InChI is InChI=1S/C30H30ClNO4/c1-19-15-20(2)26(21(3)16-19)27-28(34-18-22-7-5-4-6-8-22)30(36-29(27)33)12-9-23(10-13-30)35-24-11-14-32-25(31)17-24/h4-8,11,14-17,23H,9-10,12-13,18H2,1-3H3. The van der Waals surface area contributed by atoms with Crippen LogP contribution in [0.4, 0.5) is 0 Å². The molecule has 2 aliphatic rings. The maximum absolute atomic E-state index is 13.5. The number of carbonyl (C=O) groups excluding carboxylic acids is 1. The first-order valence-electron chi connectivity index (χ1n) is 12.4. The van der Waals surface area contributed by atoms with Gasteiger partial charge in [-0.3, -0.25) is 0 Å². The van der Waals surface area contributed by atoms with Gasteiger partial charge in [-0.1, -0.05) is 59.6 Å². The van der Waals surface area contributed by atoms with Gasteiger partial charge < -0.3 is 14.2 Å². The molecule has 2 heterocycles. The molecule has 0 amide bonds. The van der Waals surface area contributed by atoms with Crippen LogP contribution in [0, 0.1) is 20.8 Å². The first kappa shape index (κ1) is 24.4. The summed E-state index contributed by atoms with van der Waals surface area (Å²) in [6.07, 6.45) is 4.33. The second kappa shape index (κ2) is 9.98. The van der Waals surface area contributed by atoms with Gasteiger partial charge in [-0.2, -0.15) is 0 Å². The number of pyridine rings is 1. The summed E-state index contributed by atoms with van der Waals surface area (Å²) in [5.74, 6) is 1.03. The van der Waals surface area contributed by atoms with Crippen LogP contribution in [0.1, 0.15) is 53.5 Å². The van der Waals surface area contributed by atoms with Gasteiger partial charge in [0.1, 0.15) is 23.1 Å². The number of rotatable bonds is 6. The SMILES string of the molecule is Cc1cc(C)c(C2=C(OCc3ccccc3)C3(CCC(Oc4ccnc(Cl)c4)CC3)OC2=O)c(C)c1. The number of halogens is 1. The second-order valence-corrected chi connectivity index (χ2v) is 10.2. The maximum Gasteiger partial charge on any atom is 0.343 e. The minimum atomic E-state index is -0.791. The fourth-order valence-electron chi connectivity index (χ4n) is 5.47. The molecule has 1 aliphatic carbocycles. The van der Waals surface area contributed by atoms with Crippen LogP contribution in [0.15, 0.2) is 66.6 Å². The molecule has 0 bridgehead atoms. The molecule has 0 atom stereocenters. The Balaban J connectivity index is 1.47. The molecule has 5 rings (SSSR count). The Morgan fingerprint density at radius 1 is 1.03 bits per heavy atom. The fraction of sp³-hybridized carbons (Fsp3) is 0.333. The molecule has 1 aromatic heterocycles. The van der Waals surface area contributed by atoms with E-state index in [1.807, 2.05) is 44.2 Å². The number of esters is 1. The minimum absolute atomic E-state index is 0.00457. The van der Waals surface area contributed by atoms with E-state index in [1.165, 1.54) is 0 Å². The van der Waals surface area contributed by atoms with E-state index in [-0.39, 0.29) is 12.1 Å². The average Bonchev–Trinajstić information content (AvgIpc) is 3.10. The Morgan fingerprint density at radius 3 is 2.39 bits per heavy atom. The number of nitrogens with zero attached hydrogens (tertiary/aromatic N) is 1. The van der Waals surface area contributed by atoms with Crippen LogP contribution in [0.3, 0.4) is 0 Å². The molecule has 1 saturated carbocycles. The number of hydrogen-bond donors (Lipinski definition) is 0. The summed E-state index contributed by atoms with van der Waals surface area (Å²) in [7, 11) is 0. The monoisotopic (exact) mass is 503 g/mol. The van der Waals surface area contributed by atoms with Gasteiger partial charge in [0.2, 0.25) is 0 Å². The Bertz CT molecular complexity index is 1290. The van der Waals surface area contributed by atoms with E-state index in [4.69, 9.17) is 25.8 Å². The lowest BCUT2D eigenvalue weighted by Crippen LogP contribution is -2.40. The van der Waals surface area contributed by atoms with Crippen LogP contribution in [0.25, 0.3) is 5.57 Å². The van der Waals surface area contributed by atoms with Crippen molar-refractivity contribution >= 4 is 23.1 Å². The summed E-state index contributed by atoms with van der Waals surface area (Å²) in [6, 6.07) is 17.7. The third-order valence-electron chi connectivity index (χ3n) is 7.03. The molecule has 5 nitrogen and oxygen atoms in total. The van der Waals surface area contributed by atoms with E-state index in [1.54, 1.807) is 18.3 Å². The number of hydrogen-bond acceptors (Lipinski definition) is 5. The second-order valence-electron chi connectivity index (χ2n) is 9.77. The van der Waals surface area contributed by atoms with Crippen LogP contribution in [-0.4, -0.2) is 22.7 Å². The van der Waals surface area contributed by atoms with Crippen LogP contribution in [0.2, 0.25) is 5.15 Å². The summed E-state index contributed by atoms with van der Waals surface area (Å²) in [5, 5.41) is 0.400. The molecular weight excluding hydrogens is 474 g/mol. The highest BCUT2D eigenvalue weighted by Crippen LogP contribution is 2.48. The van der Waals surface area contributed by atoms with Gasteiger partial charge in [-0.15, -0.1) is 0 Å². The zero-order valence-corrected chi connectivity index (χ0v) is 21.6. The van der Waals surface area contributed by atoms with Crippen molar-refractivity contribution in [3.05, 3.63) is 99.5 Å². The zero-order chi connectivity index (χ0) is 25.3. The predicted molar refractivity (Wildman–Crippen MR) is 140 cm³/mol. The number of benzene rings is 2. The largest absolute Gasteiger partial charge is 0.490 e. The number of aryl methyl sites for hydroxylation is 3. The van der Waals surface area contributed by atoms with E-state index in [2.05, 4.69) is 24.0 Å². The number of aromatic nitrogens is 1. The molecule has 3 aromatic rings. The molecular formula is C30H30ClNO4. The molecule has 36 heavy (non-hydrogen) atoms. The molecule has 0 N–H and O–H groups in total. The molecule has 0 saturated heterocycles. The van der Waals surface area contributed by atoms with E-state index in [0.717, 1.165) is 40.7 Å². The topological polar surface area (TPSA) is 57.6 Å². The summed E-state index contributed by atoms with van der Waals surface area (Å²) in [5.41, 5.74) is 4.98. The molecule has 1 spiro atoms. The summed E-state index contributed by atoms with van der Waals surface area (Å²) < 4.78 is 18.9. The van der Waals surface area contributed by atoms with Crippen molar-refractivity contribution in [2.45, 2.75) is 64.8 Å². The van der Waals surface area contributed by atoms with Crippen molar-refractivity contribution in [3.63, 3.8) is 0 Å². The lowest BCUT2D eigenvalue weighted by atomic mass is 9.80. The molecule has 1 fully saturated rings. The molecule has 186 valence electrons. The van der Waals surface area contributed by atoms with Crippen LogP contribution < -0.4 is 4.74 Å². The minimum Gasteiger partial charge on any atom is -0.490 e. The Hall–Kier alpha value is -3.31. The zero-order valence-electron chi connectivity index (χ0n) is 20.8. The summed E-state index contributed by atoms with van der Waals surface area (Å²) >= 11 is 6.02. The van der Waals surface area contributed by atoms with Gasteiger partial charge in [0.05, 0.1) is 6.10 Å². The van der Waals surface area contributed by atoms with Gasteiger partial charge in [0.15, 0.2) is 11.4 Å². The van der Waals surface area contributed by atoms with Gasteiger partial charge in [0.25, 0.3) is 0 Å². The highest BCUT2D eigenvalue weighted by Gasteiger charge is 2.52. The van der Waals surface area contributed by atoms with E-state index in [9.17, 15) is 4.79 Å². The summed E-state index contributed by atoms with van der Waals surface area (Å²) in [6.45, 7) is 6.52. The van der Waals surface area contributed by atoms with Crippen molar-refractivity contribution in [2.24, 2.45) is 0 Å². The Kier molecular flexibility index (Phi) is 6.76. The molecule has 2 aromatic carbocycles. The van der Waals surface area contributed by atoms with Crippen LogP contribution in [0.5, 0.6) is 5.75 Å². The lowest BCUT2D eigenvalue weighted by Gasteiger charge is -2.37. The quantitative estimate of drug-likeness (QED) is 0.270. The van der Waals surface area contributed by atoms with Crippen molar-refractivity contribution in [1.82, 2.24) is 4.98 Å². The van der Waals surface area contributed by atoms with Gasteiger partial charge in [-0.25, -0.2) is 9.78 Å². The van der Waals surface area contributed by atoms with Crippen LogP contribution >= 0.6 is 11.6 Å². The fourth-order valence-corrected chi connectivity index (χ4v) is 5.64. The van der Waals surface area contributed by atoms with Gasteiger partial charge >= 0.3 is 5.97 Å². The normalized spacial score (nSPS) is 21.6. The molecule has 0 radical (unpaired) electrons. The highest BCUT2D eigenvalue weighted by atomic mass is 35.5. The Morgan fingerprint density at radius 2 is 1.72 bits per heavy atom. The number of carbonyl (C=O) groups is 1. The van der Waals surface area contributed by atoms with E-state index < -0.39 is 5.60 Å². The first-order chi connectivity index (χ1) is 17.3. The smallest absolute Gasteiger partial charge is 0.343 e. The molecule has 0 unspecified atom stereocenters. The van der Waals surface area contributed by atoms with Gasteiger partial charge in [-0.05, 0) is 74.8 Å². The van der Waals surface area contributed by atoms with E-state index in [0.29, 0.717) is 41.7 Å². The summed E-state index contributed by atoms with van der Waals surface area (Å²) in [4.78, 5) is 17.5. The first-order valence-corrected chi connectivity index (χ1v) is 12.7. The highest BCUT2D eigenvalue weighted by molar-refractivity contribution is 6.29. The average molecular weight is 504 g/mol. The van der Waals surface area contributed by atoms with Crippen molar-refractivity contribution in [3.8, 4) is 5.75 Å². The van der Waals surface area contributed by atoms with Crippen molar-refractivity contribution < 1.29 is 19.0 Å². The van der Waals surface area contributed by atoms with Gasteiger partial charge in [0, 0.05) is 12.3 Å². The van der Waals surface area contributed by atoms with Crippen LogP contribution in [-0.2, 0) is 20.9 Å². The predicted octanol–water partition coefficient (Wildman–Crippen LogP) is 6.91. The van der Waals surface area contributed by atoms with Crippen molar-refractivity contribution in [1.29, 1.82) is 0 Å². The third-order valence-corrected chi connectivity index (χ3v) is 7.23. The third kappa shape index (κ3) is 4.85. The lowest BCUT2D eigenvalue weighted by molar-refractivity contribution is -0.152. The molecule has 6 heteroatoms. The van der Waals surface area contributed by atoms with Crippen molar-refractivity contribution in [2.75, 3.05) is 0 Å². The molecule has 1 aliphatic heterocycles. The van der Waals surface area contributed by atoms with E-state index >= 15 is 0 Å². The maximum atomic E-state index is 13.5. The number of ether oxygens (including phenoxy) is 3.